The molecule has 0 heterocycles. The average molecular weight is 407 g/mol. The number of halogens is 1. The van der Waals surface area contributed by atoms with Crippen molar-refractivity contribution in [1.29, 1.82) is 0 Å². The number of ether oxygens (including phenoxy) is 4. The van der Waals surface area contributed by atoms with E-state index < -0.39 is 0 Å². The van der Waals surface area contributed by atoms with Gasteiger partial charge in [-0.1, -0.05) is 46.3 Å². The Kier molecular flexibility index (Phi) is 8.52. The normalized spacial score (nSPS) is 11.0. The number of hydrogen-bond acceptors (Lipinski definition) is 4. The lowest BCUT2D eigenvalue weighted by molar-refractivity contribution is 0.0182. The molecule has 0 aliphatic rings. The lowest BCUT2D eigenvalue weighted by atomic mass is 10.1. The van der Waals surface area contributed by atoms with Crippen LogP contribution in [-0.4, -0.2) is 26.8 Å². The molecule has 0 N–H and O–H groups in total. The van der Waals surface area contributed by atoms with Gasteiger partial charge < -0.3 is 18.9 Å². The third-order valence-electron chi connectivity index (χ3n) is 3.29. The molecule has 0 fully saturated rings. The molecule has 0 aromatic heterocycles. The number of hydrogen-bond donors (Lipinski definition) is 0. The van der Waals surface area contributed by atoms with Crippen molar-refractivity contribution in [3.8, 4) is 11.5 Å². The second-order valence-corrected chi connectivity index (χ2v) is 5.96. The van der Waals surface area contributed by atoms with E-state index in [0.29, 0.717) is 24.7 Å². The van der Waals surface area contributed by atoms with E-state index in [1.807, 2.05) is 68.5 Å². The summed E-state index contributed by atoms with van der Waals surface area (Å²) < 4.78 is 22.8. The van der Waals surface area contributed by atoms with Crippen LogP contribution in [-0.2, 0) is 9.47 Å². The van der Waals surface area contributed by atoms with Crippen molar-refractivity contribution in [2.24, 2.45) is 0 Å². The van der Waals surface area contributed by atoms with Crippen LogP contribution in [0.1, 0.15) is 25.0 Å². The Bertz CT molecular complexity index is 657. The van der Waals surface area contributed by atoms with Crippen LogP contribution < -0.4 is 9.47 Å². The Balaban J connectivity index is 2.17. The summed E-state index contributed by atoms with van der Waals surface area (Å²) in [4.78, 5) is 0. The Morgan fingerprint density at radius 2 is 1.44 bits per heavy atom. The summed E-state index contributed by atoms with van der Waals surface area (Å²) in [6.45, 7) is 5.48. The molecule has 0 saturated carbocycles. The van der Waals surface area contributed by atoms with Crippen molar-refractivity contribution >= 4 is 28.1 Å². The first kappa shape index (κ1) is 19.5. The third-order valence-corrected chi connectivity index (χ3v) is 4.01. The van der Waals surface area contributed by atoms with Gasteiger partial charge in [-0.3, -0.25) is 0 Å². The second kappa shape index (κ2) is 10.9. The zero-order valence-corrected chi connectivity index (χ0v) is 16.1. The predicted octanol–water partition coefficient (Wildman–Crippen LogP) is 5.37. The Labute approximate surface area is 157 Å². The highest BCUT2D eigenvalue weighted by Gasteiger charge is 2.03. The Hall–Kier alpha value is -1.82. The summed E-state index contributed by atoms with van der Waals surface area (Å²) in [5.41, 5.74) is 2.07. The molecule has 0 spiro atoms. The van der Waals surface area contributed by atoms with Crippen LogP contribution in [0, 0.1) is 0 Å². The standard InChI is InChI=1S/C20H23BrO4/c1-3-22-14-24-18-11-16(12-19(13-18)25-15-23-4-2)9-10-17-7-5-6-8-20(17)21/h5-13H,3-4,14-15H2,1-2H3/b10-9+. The minimum absolute atomic E-state index is 0.207. The Morgan fingerprint density at radius 1 is 0.840 bits per heavy atom. The molecule has 0 saturated heterocycles. The van der Waals surface area contributed by atoms with Crippen LogP contribution in [0.3, 0.4) is 0 Å². The third kappa shape index (κ3) is 6.90. The van der Waals surface area contributed by atoms with Crippen LogP contribution in [0.4, 0.5) is 0 Å². The molecule has 0 atom stereocenters. The van der Waals surface area contributed by atoms with Crippen LogP contribution in [0.2, 0.25) is 0 Å². The second-order valence-electron chi connectivity index (χ2n) is 5.10. The van der Waals surface area contributed by atoms with Gasteiger partial charge in [0.2, 0.25) is 0 Å². The summed E-state index contributed by atoms with van der Waals surface area (Å²) in [5, 5.41) is 0. The molecular formula is C20H23BrO4. The number of benzene rings is 2. The molecule has 25 heavy (non-hydrogen) atoms. The fourth-order valence-corrected chi connectivity index (χ4v) is 2.46. The van der Waals surface area contributed by atoms with Gasteiger partial charge >= 0.3 is 0 Å². The van der Waals surface area contributed by atoms with Crippen LogP contribution in [0.5, 0.6) is 11.5 Å². The first-order valence-electron chi connectivity index (χ1n) is 8.21. The highest BCUT2D eigenvalue weighted by molar-refractivity contribution is 9.10. The smallest absolute Gasteiger partial charge is 0.189 e. The predicted molar refractivity (Wildman–Crippen MR) is 104 cm³/mol. The molecule has 0 radical (unpaired) electrons. The highest BCUT2D eigenvalue weighted by Crippen LogP contribution is 2.25. The van der Waals surface area contributed by atoms with E-state index in [4.69, 9.17) is 18.9 Å². The average Bonchev–Trinajstić information content (AvgIpc) is 2.61. The van der Waals surface area contributed by atoms with Crippen molar-refractivity contribution < 1.29 is 18.9 Å². The molecule has 0 unspecified atom stereocenters. The van der Waals surface area contributed by atoms with Crippen molar-refractivity contribution in [2.75, 3.05) is 26.8 Å². The van der Waals surface area contributed by atoms with E-state index >= 15 is 0 Å². The maximum absolute atomic E-state index is 5.62. The topological polar surface area (TPSA) is 36.9 Å². The fraction of sp³-hybridized carbons (Fsp3) is 0.300. The van der Waals surface area contributed by atoms with Gasteiger partial charge in [0, 0.05) is 23.8 Å². The monoisotopic (exact) mass is 406 g/mol. The van der Waals surface area contributed by atoms with E-state index in [2.05, 4.69) is 15.9 Å². The van der Waals surface area contributed by atoms with Gasteiger partial charge in [-0.25, -0.2) is 0 Å². The molecular weight excluding hydrogens is 384 g/mol. The minimum Gasteiger partial charge on any atom is -0.467 e. The van der Waals surface area contributed by atoms with Gasteiger partial charge in [0.25, 0.3) is 0 Å². The zero-order valence-electron chi connectivity index (χ0n) is 14.5. The maximum Gasteiger partial charge on any atom is 0.189 e. The molecule has 134 valence electrons. The van der Waals surface area contributed by atoms with Gasteiger partial charge in [0.05, 0.1) is 0 Å². The van der Waals surface area contributed by atoms with Gasteiger partial charge in [-0.15, -0.1) is 0 Å². The summed E-state index contributed by atoms with van der Waals surface area (Å²) in [6, 6.07) is 13.8. The summed E-state index contributed by atoms with van der Waals surface area (Å²) in [7, 11) is 0. The van der Waals surface area contributed by atoms with Crippen LogP contribution in [0.15, 0.2) is 46.9 Å². The van der Waals surface area contributed by atoms with E-state index in [-0.39, 0.29) is 13.6 Å². The van der Waals surface area contributed by atoms with E-state index in [1.54, 1.807) is 0 Å². The SMILES string of the molecule is CCOCOc1cc(/C=C/c2ccccc2Br)cc(OCOCC)c1. The van der Waals surface area contributed by atoms with E-state index in [9.17, 15) is 0 Å². The fourth-order valence-electron chi connectivity index (χ4n) is 2.04. The molecule has 5 heteroatoms. The first-order valence-corrected chi connectivity index (χ1v) is 9.01. The lowest BCUT2D eigenvalue weighted by Crippen LogP contribution is -2.04. The van der Waals surface area contributed by atoms with Crippen LogP contribution in [0.25, 0.3) is 12.2 Å². The summed E-state index contributed by atoms with van der Waals surface area (Å²) in [6.07, 6.45) is 4.05. The van der Waals surface area contributed by atoms with Crippen molar-refractivity contribution in [1.82, 2.24) is 0 Å². The first-order chi connectivity index (χ1) is 12.2. The molecule has 2 aromatic rings. The van der Waals surface area contributed by atoms with Gasteiger partial charge in [0.1, 0.15) is 11.5 Å². The molecule has 0 aliphatic carbocycles. The summed E-state index contributed by atoms with van der Waals surface area (Å²) >= 11 is 3.55. The lowest BCUT2D eigenvalue weighted by Gasteiger charge is -2.11. The molecule has 0 amide bonds. The van der Waals surface area contributed by atoms with E-state index in [1.165, 1.54) is 0 Å². The zero-order chi connectivity index (χ0) is 17.9. The van der Waals surface area contributed by atoms with Gasteiger partial charge in [0.15, 0.2) is 13.6 Å². The molecule has 0 aliphatic heterocycles. The quantitative estimate of drug-likeness (QED) is 0.302. The molecule has 2 aromatic carbocycles. The molecule has 4 nitrogen and oxygen atoms in total. The maximum atomic E-state index is 5.62. The Morgan fingerprint density at radius 3 is 2.00 bits per heavy atom. The highest BCUT2D eigenvalue weighted by atomic mass is 79.9. The largest absolute Gasteiger partial charge is 0.467 e. The number of rotatable bonds is 10. The molecule has 0 bridgehead atoms. The summed E-state index contributed by atoms with van der Waals surface area (Å²) in [5.74, 6) is 1.38. The van der Waals surface area contributed by atoms with Crippen molar-refractivity contribution in [2.45, 2.75) is 13.8 Å². The van der Waals surface area contributed by atoms with Crippen molar-refractivity contribution in [3.05, 3.63) is 58.1 Å². The van der Waals surface area contributed by atoms with Gasteiger partial charge in [-0.05, 0) is 43.2 Å². The molecule has 2 rings (SSSR count). The van der Waals surface area contributed by atoms with Crippen LogP contribution >= 0.6 is 15.9 Å². The van der Waals surface area contributed by atoms with Crippen molar-refractivity contribution in [3.63, 3.8) is 0 Å². The van der Waals surface area contributed by atoms with Gasteiger partial charge in [-0.2, -0.15) is 0 Å². The van der Waals surface area contributed by atoms with E-state index in [0.717, 1.165) is 15.6 Å². The minimum atomic E-state index is 0.207.